The third-order valence-electron chi connectivity index (χ3n) is 3.29. The molecule has 0 aliphatic carbocycles. The van der Waals surface area contributed by atoms with Crippen molar-refractivity contribution < 1.29 is 4.74 Å². The van der Waals surface area contributed by atoms with E-state index in [2.05, 4.69) is 25.8 Å². The Hall–Kier alpha value is -2.86. The van der Waals surface area contributed by atoms with Gasteiger partial charge in [-0.25, -0.2) is 0 Å². The van der Waals surface area contributed by atoms with Crippen molar-refractivity contribution in [2.45, 2.75) is 6.54 Å². The second-order valence-electron chi connectivity index (χ2n) is 5.00. The normalized spacial score (nSPS) is 10.2. The highest BCUT2D eigenvalue weighted by Gasteiger charge is 2.02. The van der Waals surface area contributed by atoms with E-state index < -0.39 is 0 Å². The van der Waals surface area contributed by atoms with Crippen molar-refractivity contribution in [3.8, 4) is 5.75 Å². The Kier molecular flexibility index (Phi) is 5.08. The Morgan fingerprint density at radius 1 is 1.04 bits per heavy atom. The maximum atomic E-state index is 5.87. The smallest absolute Gasteiger partial charge is 0.244 e. The van der Waals surface area contributed by atoms with Gasteiger partial charge in [-0.1, -0.05) is 23.7 Å². The first-order valence-corrected chi connectivity index (χ1v) is 7.70. The molecule has 3 rings (SSSR count). The van der Waals surface area contributed by atoms with Gasteiger partial charge in [-0.2, -0.15) is 10.1 Å². The van der Waals surface area contributed by atoms with E-state index in [1.54, 1.807) is 13.3 Å². The molecule has 0 unspecified atom stereocenters. The van der Waals surface area contributed by atoms with Crippen LogP contribution in [0.2, 0.25) is 5.02 Å². The molecular formula is C17H16ClN5O. The van der Waals surface area contributed by atoms with E-state index >= 15 is 0 Å². The van der Waals surface area contributed by atoms with E-state index in [1.807, 2.05) is 48.5 Å². The Morgan fingerprint density at radius 2 is 1.79 bits per heavy atom. The number of halogens is 1. The number of hydrogen-bond donors (Lipinski definition) is 2. The Labute approximate surface area is 144 Å². The zero-order valence-corrected chi connectivity index (χ0v) is 13.8. The van der Waals surface area contributed by atoms with Crippen molar-refractivity contribution in [3.63, 3.8) is 0 Å². The lowest BCUT2D eigenvalue weighted by atomic mass is 10.2. The van der Waals surface area contributed by atoms with Gasteiger partial charge in [0.05, 0.1) is 13.3 Å². The number of benzene rings is 2. The average molecular weight is 342 g/mol. The zero-order valence-electron chi connectivity index (χ0n) is 13.0. The Balaban J connectivity index is 1.63. The van der Waals surface area contributed by atoms with E-state index in [-0.39, 0.29) is 0 Å². The average Bonchev–Trinajstić information content (AvgIpc) is 2.62. The van der Waals surface area contributed by atoms with Gasteiger partial charge in [-0.3, -0.25) is 0 Å². The first-order chi connectivity index (χ1) is 11.7. The molecule has 0 fully saturated rings. The van der Waals surface area contributed by atoms with Crippen molar-refractivity contribution >= 4 is 29.1 Å². The molecule has 0 aliphatic rings. The molecule has 0 bridgehead atoms. The predicted octanol–water partition coefficient (Wildman–Crippen LogP) is 3.89. The van der Waals surface area contributed by atoms with Gasteiger partial charge in [0.2, 0.25) is 5.95 Å². The molecule has 7 heteroatoms. The topological polar surface area (TPSA) is 72.0 Å². The number of anilines is 3. The van der Waals surface area contributed by atoms with E-state index in [4.69, 9.17) is 16.3 Å². The van der Waals surface area contributed by atoms with E-state index in [0.717, 1.165) is 17.0 Å². The quantitative estimate of drug-likeness (QED) is 0.708. The minimum Gasteiger partial charge on any atom is -0.497 e. The van der Waals surface area contributed by atoms with Crippen LogP contribution in [0.1, 0.15) is 5.56 Å². The summed E-state index contributed by atoms with van der Waals surface area (Å²) < 4.78 is 5.14. The van der Waals surface area contributed by atoms with Crippen molar-refractivity contribution in [2.24, 2.45) is 0 Å². The summed E-state index contributed by atoms with van der Waals surface area (Å²) in [7, 11) is 1.63. The first-order valence-electron chi connectivity index (χ1n) is 7.32. The van der Waals surface area contributed by atoms with Crippen LogP contribution in [0, 0.1) is 0 Å². The summed E-state index contributed by atoms with van der Waals surface area (Å²) in [6.45, 7) is 0.588. The number of rotatable bonds is 6. The van der Waals surface area contributed by atoms with Crippen LogP contribution in [0.25, 0.3) is 0 Å². The third-order valence-corrected chi connectivity index (χ3v) is 3.54. The van der Waals surface area contributed by atoms with Crippen LogP contribution in [0.4, 0.5) is 17.5 Å². The van der Waals surface area contributed by atoms with E-state index in [1.165, 1.54) is 0 Å². The maximum absolute atomic E-state index is 5.87. The molecule has 0 amide bonds. The number of methoxy groups -OCH3 is 1. The van der Waals surface area contributed by atoms with Crippen LogP contribution < -0.4 is 15.4 Å². The maximum Gasteiger partial charge on any atom is 0.244 e. The molecule has 24 heavy (non-hydrogen) atoms. The second kappa shape index (κ2) is 7.61. The van der Waals surface area contributed by atoms with E-state index in [0.29, 0.717) is 23.3 Å². The molecule has 0 aliphatic heterocycles. The lowest BCUT2D eigenvalue weighted by Gasteiger charge is -2.08. The molecule has 0 saturated heterocycles. The predicted molar refractivity (Wildman–Crippen MR) is 94.9 cm³/mol. The highest BCUT2D eigenvalue weighted by atomic mass is 35.5. The summed E-state index contributed by atoms with van der Waals surface area (Å²) in [6.07, 6.45) is 1.57. The Morgan fingerprint density at radius 3 is 2.50 bits per heavy atom. The Bertz CT molecular complexity index is 793. The summed E-state index contributed by atoms with van der Waals surface area (Å²) in [6, 6.07) is 15.1. The lowest BCUT2D eigenvalue weighted by Crippen LogP contribution is -2.06. The van der Waals surface area contributed by atoms with Gasteiger partial charge >= 0.3 is 0 Å². The number of hydrogen-bond acceptors (Lipinski definition) is 6. The van der Waals surface area contributed by atoms with Crippen LogP contribution in [0.5, 0.6) is 5.75 Å². The number of nitrogens with zero attached hydrogens (tertiary/aromatic N) is 3. The molecule has 2 aromatic carbocycles. The van der Waals surface area contributed by atoms with Gasteiger partial charge < -0.3 is 15.4 Å². The molecular weight excluding hydrogens is 326 g/mol. The molecule has 0 saturated carbocycles. The fourth-order valence-electron chi connectivity index (χ4n) is 2.04. The molecule has 0 spiro atoms. The summed E-state index contributed by atoms with van der Waals surface area (Å²) in [5, 5.41) is 15.0. The standard InChI is InChI=1S/C17H16ClN5O/c1-24-15-8-6-14(7-9-15)21-16-11-20-23-17(22-16)19-10-12-2-4-13(18)5-3-12/h2-9,11H,10H2,1H3,(H2,19,21,22,23). The number of aromatic nitrogens is 3. The summed E-state index contributed by atoms with van der Waals surface area (Å²) in [5.74, 6) is 1.85. The fourth-order valence-corrected chi connectivity index (χ4v) is 2.17. The highest BCUT2D eigenvalue weighted by Crippen LogP contribution is 2.18. The lowest BCUT2D eigenvalue weighted by molar-refractivity contribution is 0.415. The third kappa shape index (κ3) is 4.33. The summed E-state index contributed by atoms with van der Waals surface area (Å²) in [4.78, 5) is 4.39. The van der Waals surface area contributed by atoms with Crippen molar-refractivity contribution in [1.82, 2.24) is 15.2 Å². The largest absolute Gasteiger partial charge is 0.497 e. The summed E-state index contributed by atoms with van der Waals surface area (Å²) >= 11 is 5.87. The minimum absolute atomic E-state index is 0.448. The van der Waals surface area contributed by atoms with Gasteiger partial charge in [0.25, 0.3) is 0 Å². The zero-order chi connectivity index (χ0) is 16.8. The van der Waals surface area contributed by atoms with Gasteiger partial charge in [-0.05, 0) is 42.0 Å². The second-order valence-corrected chi connectivity index (χ2v) is 5.44. The highest BCUT2D eigenvalue weighted by molar-refractivity contribution is 6.30. The molecule has 6 nitrogen and oxygen atoms in total. The van der Waals surface area contributed by atoms with Crippen LogP contribution in [-0.4, -0.2) is 22.3 Å². The van der Waals surface area contributed by atoms with Crippen molar-refractivity contribution in [1.29, 1.82) is 0 Å². The van der Waals surface area contributed by atoms with Crippen LogP contribution in [-0.2, 0) is 6.54 Å². The molecule has 122 valence electrons. The van der Waals surface area contributed by atoms with Gasteiger partial charge in [0.15, 0.2) is 5.82 Å². The first kappa shape index (κ1) is 16.0. The summed E-state index contributed by atoms with van der Waals surface area (Å²) in [5.41, 5.74) is 1.97. The molecule has 0 radical (unpaired) electrons. The monoisotopic (exact) mass is 341 g/mol. The number of nitrogens with one attached hydrogen (secondary N) is 2. The van der Waals surface area contributed by atoms with E-state index in [9.17, 15) is 0 Å². The SMILES string of the molecule is COc1ccc(Nc2cnnc(NCc3ccc(Cl)cc3)n2)cc1. The molecule has 3 aromatic rings. The van der Waals surface area contributed by atoms with Crippen molar-refractivity contribution in [2.75, 3.05) is 17.7 Å². The van der Waals surface area contributed by atoms with Gasteiger partial charge in [0.1, 0.15) is 5.75 Å². The molecule has 1 aromatic heterocycles. The van der Waals surface area contributed by atoms with Crippen LogP contribution in [0.15, 0.2) is 54.7 Å². The van der Waals surface area contributed by atoms with Gasteiger partial charge in [-0.15, -0.1) is 5.10 Å². The minimum atomic E-state index is 0.448. The fraction of sp³-hybridized carbons (Fsp3) is 0.118. The van der Waals surface area contributed by atoms with Gasteiger partial charge in [0, 0.05) is 17.3 Å². The molecule has 1 heterocycles. The van der Waals surface area contributed by atoms with Crippen LogP contribution in [0.3, 0.4) is 0 Å². The molecule has 0 atom stereocenters. The molecule has 2 N–H and O–H groups in total. The number of ether oxygens (including phenoxy) is 1. The van der Waals surface area contributed by atoms with Crippen LogP contribution >= 0.6 is 11.6 Å². The van der Waals surface area contributed by atoms with Crippen molar-refractivity contribution in [3.05, 3.63) is 65.3 Å².